The average molecular weight is 530 g/mol. The van der Waals surface area contributed by atoms with Crippen molar-refractivity contribution in [2.75, 3.05) is 31.8 Å². The van der Waals surface area contributed by atoms with E-state index in [-0.39, 0.29) is 49.1 Å². The van der Waals surface area contributed by atoms with Crippen LogP contribution in [0.25, 0.3) is 11.2 Å². The highest BCUT2D eigenvalue weighted by atomic mass is 16.6. The Morgan fingerprint density at radius 3 is 2.53 bits per heavy atom. The van der Waals surface area contributed by atoms with Gasteiger partial charge in [0.15, 0.2) is 17.0 Å². The number of anilines is 2. The van der Waals surface area contributed by atoms with Crippen molar-refractivity contribution in [1.29, 1.82) is 0 Å². The molecule has 12 nitrogen and oxygen atoms in total. The number of imidazole rings is 1. The second kappa shape index (κ2) is 14.8. The van der Waals surface area contributed by atoms with Gasteiger partial charge in [0.2, 0.25) is 5.95 Å². The van der Waals surface area contributed by atoms with Crippen molar-refractivity contribution in [2.45, 2.75) is 52.4 Å². The molecule has 0 radical (unpaired) electrons. The van der Waals surface area contributed by atoms with E-state index in [1.165, 1.54) is 7.05 Å². The van der Waals surface area contributed by atoms with Crippen molar-refractivity contribution in [3.05, 3.63) is 42.2 Å². The third-order valence-corrected chi connectivity index (χ3v) is 5.61. The molecule has 3 aromatic rings. The lowest BCUT2D eigenvalue weighted by Crippen LogP contribution is -2.20. The predicted octanol–water partition coefficient (Wildman–Crippen LogP) is 2.85. The van der Waals surface area contributed by atoms with Crippen LogP contribution in [-0.2, 0) is 25.5 Å². The zero-order chi connectivity index (χ0) is 28.2. The van der Waals surface area contributed by atoms with Crippen LogP contribution >= 0.6 is 0 Å². The number of benzene rings is 1. The Labute approximate surface area is 222 Å². The first-order chi connectivity index (χ1) is 18.2. The number of aromatic nitrogens is 4. The van der Waals surface area contributed by atoms with Gasteiger partial charge in [0, 0.05) is 19.4 Å². The molecule has 0 saturated carbocycles. The van der Waals surface area contributed by atoms with Crippen molar-refractivity contribution < 1.29 is 24.2 Å². The number of carbonyl (C=O) groups excluding carboxylic acids is 1. The zero-order valence-corrected chi connectivity index (χ0v) is 22.6. The highest BCUT2D eigenvalue weighted by Crippen LogP contribution is 2.36. The van der Waals surface area contributed by atoms with Crippen LogP contribution in [0.1, 0.15) is 45.4 Å². The van der Waals surface area contributed by atoms with E-state index >= 15 is 0 Å². The molecule has 0 amide bonds. The third kappa shape index (κ3) is 8.67. The maximum atomic E-state index is 11.8. The molecule has 1 aliphatic heterocycles. The smallest absolute Gasteiger partial charge is 0.307 e. The molecule has 3 unspecified atom stereocenters. The van der Waals surface area contributed by atoms with E-state index in [1.54, 1.807) is 25.5 Å². The number of ether oxygens (including phenoxy) is 2. The summed E-state index contributed by atoms with van der Waals surface area (Å²) in [7, 11) is 3.26. The standard InChI is InChI=1S/C17H26N6O3.C8H8O2.CH5N/c1-9(2)5-12(24)25-7-11-6-10(3)16(26-11)23-8-20-13-14(19-4)21-17(18)22-15(13)23;9-8(10)6-7-4-2-1-3-5-7;1-2/h8-11,16H,5-7H2,1-4H3,(H3,18,19,21,22);1-5H,6H2,(H,9,10);2H2,1H3. The van der Waals surface area contributed by atoms with E-state index in [9.17, 15) is 9.59 Å². The summed E-state index contributed by atoms with van der Waals surface area (Å²) < 4.78 is 13.3. The van der Waals surface area contributed by atoms with Gasteiger partial charge in [0.1, 0.15) is 12.8 Å². The van der Waals surface area contributed by atoms with Crippen molar-refractivity contribution >= 4 is 34.9 Å². The molecule has 12 heteroatoms. The summed E-state index contributed by atoms with van der Waals surface area (Å²) in [5.74, 6) is 0.278. The molecule has 1 aliphatic rings. The first-order valence-electron chi connectivity index (χ1n) is 12.5. The van der Waals surface area contributed by atoms with Crippen LogP contribution in [0.15, 0.2) is 36.7 Å². The summed E-state index contributed by atoms with van der Waals surface area (Å²) in [4.78, 5) is 34.8. The Balaban J connectivity index is 0.000000353. The molecular weight excluding hydrogens is 490 g/mol. The number of hydrogen-bond donors (Lipinski definition) is 4. The number of esters is 1. The molecule has 4 rings (SSSR count). The normalized spacial score (nSPS) is 18.2. The van der Waals surface area contributed by atoms with Gasteiger partial charge in [0.25, 0.3) is 0 Å². The predicted molar refractivity (Wildman–Crippen MR) is 145 cm³/mol. The fourth-order valence-electron chi connectivity index (χ4n) is 4.01. The lowest BCUT2D eigenvalue weighted by Gasteiger charge is -2.18. The number of carboxylic acid groups (broad SMARTS) is 1. The summed E-state index contributed by atoms with van der Waals surface area (Å²) in [6.45, 7) is 6.33. The number of nitrogen functional groups attached to an aromatic ring is 1. The summed E-state index contributed by atoms with van der Waals surface area (Å²) in [5, 5.41) is 11.3. The molecule has 1 fully saturated rings. The fourth-order valence-corrected chi connectivity index (χ4v) is 4.01. The summed E-state index contributed by atoms with van der Waals surface area (Å²) in [5.41, 5.74) is 12.4. The maximum absolute atomic E-state index is 11.8. The largest absolute Gasteiger partial charge is 0.481 e. The lowest BCUT2D eigenvalue weighted by molar-refractivity contribution is -0.149. The molecule has 3 heterocycles. The van der Waals surface area contributed by atoms with Gasteiger partial charge in [0.05, 0.1) is 18.9 Å². The molecule has 0 spiro atoms. The SMILES string of the molecule is CN.CNc1nc(N)nc2c1ncn2C1OC(COC(=O)CC(C)C)CC1C.O=C(O)Cc1ccccc1. The Kier molecular flexibility index (Phi) is 11.9. The minimum absolute atomic E-state index is 0.112. The number of rotatable bonds is 8. The summed E-state index contributed by atoms with van der Waals surface area (Å²) in [6.07, 6.45) is 2.62. The average Bonchev–Trinajstić information content (AvgIpc) is 3.46. The Hall–Kier alpha value is -3.77. The molecule has 0 bridgehead atoms. The van der Waals surface area contributed by atoms with E-state index in [2.05, 4.69) is 32.9 Å². The lowest BCUT2D eigenvalue weighted by atomic mass is 10.1. The van der Waals surface area contributed by atoms with Crippen LogP contribution in [0.3, 0.4) is 0 Å². The van der Waals surface area contributed by atoms with Crippen LogP contribution in [0.4, 0.5) is 11.8 Å². The number of carbonyl (C=O) groups is 2. The van der Waals surface area contributed by atoms with E-state index < -0.39 is 5.97 Å². The van der Waals surface area contributed by atoms with Gasteiger partial charge in [-0.3, -0.25) is 14.2 Å². The summed E-state index contributed by atoms with van der Waals surface area (Å²) >= 11 is 0. The van der Waals surface area contributed by atoms with Crippen LogP contribution in [0.2, 0.25) is 0 Å². The van der Waals surface area contributed by atoms with Gasteiger partial charge in [-0.1, -0.05) is 51.1 Å². The van der Waals surface area contributed by atoms with Crippen molar-refractivity contribution in [2.24, 2.45) is 17.6 Å². The van der Waals surface area contributed by atoms with E-state index in [1.807, 2.05) is 36.6 Å². The number of fused-ring (bicyclic) bond motifs is 1. The molecule has 3 atom stereocenters. The van der Waals surface area contributed by atoms with Gasteiger partial charge < -0.3 is 31.4 Å². The van der Waals surface area contributed by atoms with E-state index in [4.69, 9.17) is 20.3 Å². The van der Waals surface area contributed by atoms with E-state index in [0.717, 1.165) is 12.0 Å². The number of hydrogen-bond acceptors (Lipinski definition) is 10. The van der Waals surface area contributed by atoms with Crippen molar-refractivity contribution in [1.82, 2.24) is 19.5 Å². The highest BCUT2D eigenvalue weighted by Gasteiger charge is 2.35. The second-order valence-corrected chi connectivity index (χ2v) is 9.20. The van der Waals surface area contributed by atoms with Gasteiger partial charge in [-0.2, -0.15) is 9.97 Å². The molecule has 208 valence electrons. The van der Waals surface area contributed by atoms with Crippen LogP contribution in [0.5, 0.6) is 0 Å². The number of carboxylic acids is 1. The highest BCUT2D eigenvalue weighted by molar-refractivity contribution is 5.84. The van der Waals surface area contributed by atoms with Crippen LogP contribution in [0, 0.1) is 11.8 Å². The number of nitrogens with one attached hydrogen (secondary N) is 1. The molecule has 0 aliphatic carbocycles. The topological polar surface area (TPSA) is 180 Å². The van der Waals surface area contributed by atoms with Crippen LogP contribution in [-0.4, -0.2) is 63.4 Å². The monoisotopic (exact) mass is 529 g/mol. The number of nitrogens with two attached hydrogens (primary N) is 2. The van der Waals surface area contributed by atoms with Crippen LogP contribution < -0.4 is 16.8 Å². The first-order valence-corrected chi connectivity index (χ1v) is 12.5. The van der Waals surface area contributed by atoms with Crippen molar-refractivity contribution in [3.63, 3.8) is 0 Å². The number of aliphatic carboxylic acids is 1. The number of nitrogens with zero attached hydrogens (tertiary/aromatic N) is 4. The minimum atomic E-state index is -0.786. The zero-order valence-electron chi connectivity index (χ0n) is 22.6. The van der Waals surface area contributed by atoms with Gasteiger partial charge in [-0.15, -0.1) is 0 Å². The second-order valence-electron chi connectivity index (χ2n) is 9.20. The molecule has 6 N–H and O–H groups in total. The fraction of sp³-hybridized carbons (Fsp3) is 0.500. The van der Waals surface area contributed by atoms with E-state index in [0.29, 0.717) is 23.4 Å². The minimum Gasteiger partial charge on any atom is -0.481 e. The quantitative estimate of drug-likeness (QED) is 0.315. The van der Waals surface area contributed by atoms with Gasteiger partial charge in [-0.25, -0.2) is 4.98 Å². The molecular formula is C26H39N7O5. The van der Waals surface area contributed by atoms with Gasteiger partial charge >= 0.3 is 11.9 Å². The first kappa shape index (κ1) is 30.5. The Morgan fingerprint density at radius 1 is 1.24 bits per heavy atom. The third-order valence-electron chi connectivity index (χ3n) is 5.61. The molecule has 2 aromatic heterocycles. The van der Waals surface area contributed by atoms with Gasteiger partial charge in [-0.05, 0) is 24.9 Å². The molecule has 1 aromatic carbocycles. The summed E-state index contributed by atoms with van der Waals surface area (Å²) in [6, 6.07) is 9.13. The Morgan fingerprint density at radius 2 is 1.92 bits per heavy atom. The van der Waals surface area contributed by atoms with Crippen molar-refractivity contribution in [3.8, 4) is 0 Å². The molecule has 1 saturated heterocycles. The maximum Gasteiger partial charge on any atom is 0.307 e. The Bertz CT molecular complexity index is 1170. The molecule has 38 heavy (non-hydrogen) atoms.